The molecule has 0 saturated carbocycles. The van der Waals surface area contributed by atoms with Crippen molar-refractivity contribution < 1.29 is 1.43 Å². The lowest BCUT2D eigenvalue weighted by Gasteiger charge is -1.95. The van der Waals surface area contributed by atoms with Gasteiger partial charge in [-0.25, -0.2) is 0 Å². The highest BCUT2D eigenvalue weighted by Gasteiger charge is 1.99. The molecule has 0 amide bonds. The Kier molecular flexibility index (Phi) is 1.68. The molecule has 60 valence electrons. The van der Waals surface area contributed by atoms with E-state index in [1.807, 2.05) is 24.4 Å². The van der Waals surface area contributed by atoms with Gasteiger partial charge in [0.25, 0.3) is 0 Å². The van der Waals surface area contributed by atoms with Crippen LogP contribution in [0.2, 0.25) is 0 Å². The van der Waals surface area contributed by atoms with E-state index >= 15 is 0 Å². The van der Waals surface area contributed by atoms with Crippen molar-refractivity contribution in [1.29, 1.82) is 0 Å². The molecular formula is C10H12BN. The third-order valence-corrected chi connectivity index (χ3v) is 2.17. The number of aromatic nitrogens is 1. The molecule has 0 fully saturated rings. The van der Waals surface area contributed by atoms with Crippen molar-refractivity contribution in [2.45, 2.75) is 13.3 Å². The van der Waals surface area contributed by atoms with Crippen LogP contribution in [-0.2, 0) is 6.42 Å². The number of aromatic amines is 1. The van der Waals surface area contributed by atoms with Crippen LogP contribution in [-0.4, -0.2) is 12.8 Å². The van der Waals surface area contributed by atoms with E-state index in [-0.39, 0.29) is 1.43 Å². The van der Waals surface area contributed by atoms with E-state index in [0.29, 0.717) is 0 Å². The number of nitrogens with one attached hydrogen (secondary N) is 1. The van der Waals surface area contributed by atoms with Crippen LogP contribution < -0.4 is 5.46 Å². The molecule has 12 heavy (non-hydrogen) atoms. The molecule has 0 aliphatic carbocycles. The molecule has 0 saturated heterocycles. The number of H-pyrrole nitrogens is 1. The number of rotatable bonds is 1. The van der Waals surface area contributed by atoms with Gasteiger partial charge in [-0.15, -0.1) is 0 Å². The fraction of sp³-hybridized carbons (Fsp3) is 0.200. The van der Waals surface area contributed by atoms with Crippen LogP contribution in [0, 0.1) is 0 Å². The minimum absolute atomic E-state index is 0. The average molecular weight is 157 g/mol. The van der Waals surface area contributed by atoms with Crippen LogP contribution in [0.3, 0.4) is 0 Å². The van der Waals surface area contributed by atoms with E-state index in [1.165, 1.54) is 16.5 Å². The van der Waals surface area contributed by atoms with Gasteiger partial charge in [-0.2, -0.15) is 0 Å². The van der Waals surface area contributed by atoms with E-state index in [0.717, 1.165) is 11.9 Å². The minimum Gasteiger partial charge on any atom is -0.361 e. The van der Waals surface area contributed by atoms with Gasteiger partial charge in [-0.3, -0.25) is 0 Å². The zero-order valence-electron chi connectivity index (χ0n) is 7.09. The van der Waals surface area contributed by atoms with Gasteiger partial charge in [0.05, 0.1) is 0 Å². The van der Waals surface area contributed by atoms with Crippen molar-refractivity contribution in [2.75, 3.05) is 0 Å². The molecule has 0 aliphatic rings. The van der Waals surface area contributed by atoms with Crippen molar-refractivity contribution in [1.82, 2.24) is 4.98 Å². The maximum absolute atomic E-state index is 5.69. The zero-order chi connectivity index (χ0) is 8.55. The third-order valence-electron chi connectivity index (χ3n) is 2.17. The molecule has 0 bridgehead atoms. The first-order chi connectivity index (χ1) is 5.81. The summed E-state index contributed by atoms with van der Waals surface area (Å²) in [5, 5.41) is 1.25. The molecule has 2 rings (SSSR count). The molecule has 1 heterocycles. The summed E-state index contributed by atoms with van der Waals surface area (Å²) in [4.78, 5) is 3.21. The maximum Gasteiger partial charge on any atom is 0.113 e. The Morgan fingerprint density at radius 2 is 2.33 bits per heavy atom. The van der Waals surface area contributed by atoms with E-state index in [9.17, 15) is 0 Å². The maximum atomic E-state index is 5.69. The zero-order valence-corrected chi connectivity index (χ0v) is 7.09. The number of aryl methyl sites for hydroxylation is 1. The van der Waals surface area contributed by atoms with Gasteiger partial charge in [0.2, 0.25) is 0 Å². The predicted octanol–water partition coefficient (Wildman–Crippen LogP) is 1.77. The van der Waals surface area contributed by atoms with Gasteiger partial charge in [0.15, 0.2) is 0 Å². The van der Waals surface area contributed by atoms with Crippen molar-refractivity contribution >= 4 is 24.2 Å². The van der Waals surface area contributed by atoms with Gasteiger partial charge in [0, 0.05) is 18.5 Å². The van der Waals surface area contributed by atoms with Crippen LogP contribution in [0.1, 0.15) is 13.9 Å². The van der Waals surface area contributed by atoms with Gasteiger partial charge in [0.1, 0.15) is 7.85 Å². The number of hydrogen-bond acceptors (Lipinski definition) is 0. The molecule has 0 aliphatic heterocycles. The first-order valence-corrected chi connectivity index (χ1v) is 4.16. The van der Waals surface area contributed by atoms with E-state index < -0.39 is 0 Å². The Hall–Kier alpha value is -1.18. The van der Waals surface area contributed by atoms with Crippen LogP contribution in [0.15, 0.2) is 24.4 Å². The summed E-state index contributed by atoms with van der Waals surface area (Å²) in [6, 6.07) is 5.95. The molecule has 0 unspecified atom stereocenters. The fourth-order valence-corrected chi connectivity index (χ4v) is 1.49. The highest BCUT2D eigenvalue weighted by atomic mass is 14.7. The molecule has 1 N–H and O–H groups in total. The summed E-state index contributed by atoms with van der Waals surface area (Å²) >= 11 is 0. The van der Waals surface area contributed by atoms with Gasteiger partial charge >= 0.3 is 0 Å². The van der Waals surface area contributed by atoms with Crippen molar-refractivity contribution in [3.05, 3.63) is 30.0 Å². The number of fused-ring (bicyclic) bond motifs is 1. The largest absolute Gasteiger partial charge is 0.361 e. The Labute approximate surface area is 74.7 Å². The topological polar surface area (TPSA) is 15.8 Å². The van der Waals surface area contributed by atoms with Crippen LogP contribution in [0.4, 0.5) is 0 Å². The lowest BCUT2D eigenvalue weighted by atomic mass is 9.94. The van der Waals surface area contributed by atoms with E-state index in [2.05, 4.69) is 11.9 Å². The second kappa shape index (κ2) is 2.70. The summed E-state index contributed by atoms with van der Waals surface area (Å²) in [7, 11) is 5.69. The van der Waals surface area contributed by atoms with Crippen LogP contribution in [0.25, 0.3) is 10.9 Å². The molecule has 2 aromatic rings. The van der Waals surface area contributed by atoms with Crippen LogP contribution in [0.5, 0.6) is 0 Å². The quantitative estimate of drug-likeness (QED) is 0.607. The molecule has 1 aromatic heterocycles. The molecule has 0 spiro atoms. The Bertz CT molecular complexity index is 408. The lowest BCUT2D eigenvalue weighted by molar-refractivity contribution is 1.15. The molecule has 0 atom stereocenters. The second-order valence-corrected chi connectivity index (χ2v) is 2.97. The predicted molar refractivity (Wildman–Crippen MR) is 55.2 cm³/mol. The summed E-state index contributed by atoms with van der Waals surface area (Å²) in [5.41, 5.74) is 3.33. The monoisotopic (exact) mass is 157 g/mol. The normalized spacial score (nSPS) is 10.8. The standard InChI is InChI=1S/C10H10BN.H2/c1-2-7-6-12-10-4-3-8(11)5-9(7)10;/h3-6,12H,2H2,1H3;1H. The number of benzene rings is 1. The van der Waals surface area contributed by atoms with Gasteiger partial charge in [-0.1, -0.05) is 24.5 Å². The third kappa shape index (κ3) is 1.04. The summed E-state index contributed by atoms with van der Waals surface area (Å²) in [6.45, 7) is 2.14. The Morgan fingerprint density at radius 3 is 3.08 bits per heavy atom. The fourth-order valence-electron chi connectivity index (χ4n) is 1.49. The SMILES string of the molecule is [B]c1ccc2[nH]cc(CC)c2c1.[HH]. The molecule has 2 radical (unpaired) electrons. The highest BCUT2D eigenvalue weighted by molar-refractivity contribution is 6.33. The van der Waals surface area contributed by atoms with Gasteiger partial charge in [-0.05, 0) is 18.1 Å². The number of hydrogen-bond donors (Lipinski definition) is 1. The second-order valence-electron chi connectivity index (χ2n) is 2.97. The van der Waals surface area contributed by atoms with Crippen molar-refractivity contribution in [2.24, 2.45) is 0 Å². The van der Waals surface area contributed by atoms with E-state index in [4.69, 9.17) is 7.85 Å². The molecule has 1 aromatic carbocycles. The van der Waals surface area contributed by atoms with Crippen LogP contribution >= 0.6 is 0 Å². The molecule has 2 heteroatoms. The Morgan fingerprint density at radius 1 is 1.50 bits per heavy atom. The molecular weight excluding hydrogens is 145 g/mol. The van der Waals surface area contributed by atoms with Gasteiger partial charge < -0.3 is 4.98 Å². The summed E-state index contributed by atoms with van der Waals surface area (Å²) < 4.78 is 0. The lowest BCUT2D eigenvalue weighted by Crippen LogP contribution is -1.99. The summed E-state index contributed by atoms with van der Waals surface area (Å²) in [5.74, 6) is 0. The highest BCUT2D eigenvalue weighted by Crippen LogP contribution is 2.16. The average Bonchev–Trinajstić information content (AvgIpc) is 2.46. The minimum atomic E-state index is 0. The first-order valence-electron chi connectivity index (χ1n) is 4.16. The van der Waals surface area contributed by atoms with Crippen molar-refractivity contribution in [3.8, 4) is 0 Å². The smallest absolute Gasteiger partial charge is 0.113 e. The van der Waals surface area contributed by atoms with E-state index in [1.54, 1.807) is 0 Å². The molecule has 1 nitrogen and oxygen atoms in total. The summed E-state index contributed by atoms with van der Waals surface area (Å²) in [6.07, 6.45) is 3.09. The Balaban J connectivity index is 0.000000845. The first kappa shape index (κ1) is 7.47. The van der Waals surface area contributed by atoms with Crippen molar-refractivity contribution in [3.63, 3.8) is 0 Å².